The van der Waals surface area contributed by atoms with Crippen molar-refractivity contribution in [2.45, 2.75) is 31.4 Å². The van der Waals surface area contributed by atoms with Gasteiger partial charge in [-0.3, -0.25) is 0 Å². The summed E-state index contributed by atoms with van der Waals surface area (Å²) in [6, 6.07) is 22.5. The Bertz CT molecular complexity index is 1230. The topological polar surface area (TPSA) is 30.9 Å². The number of fused-ring (bicyclic) bond motifs is 1. The summed E-state index contributed by atoms with van der Waals surface area (Å²) in [5, 5.41) is 0. The lowest BCUT2D eigenvalue weighted by atomic mass is 10.00. The smallest absolute Gasteiger partial charge is 0.231 e. The molecule has 4 heteroatoms. The summed E-state index contributed by atoms with van der Waals surface area (Å²) in [6.07, 6.45) is -3.33. The predicted octanol–water partition coefficient (Wildman–Crippen LogP) is 5.23. The summed E-state index contributed by atoms with van der Waals surface area (Å²) in [7, 11) is 0. The number of nitrogens with zero attached hydrogens (tertiary/aromatic N) is 1. The molecule has 0 unspecified atom stereocenters. The number of hydrogen-bond donors (Lipinski definition) is 0. The van der Waals surface area contributed by atoms with Crippen LogP contribution in [-0.4, -0.2) is 37.3 Å². The first kappa shape index (κ1) is 13.6. The molecule has 3 aromatic carbocycles. The molecule has 1 saturated heterocycles. The number of rotatable bonds is 7. The molecule has 1 fully saturated rings. The van der Waals surface area contributed by atoms with Gasteiger partial charge in [-0.15, -0.1) is 0 Å². The zero-order chi connectivity index (χ0) is 27.2. The van der Waals surface area contributed by atoms with Gasteiger partial charge in [-0.05, 0) is 54.6 Å². The molecule has 160 valence electrons. The molecule has 0 radical (unpaired) electrons. The SMILES string of the molecule is [2H]C1([2H])Oc2ccc(C([2H])([2H])C([2H])([2H])N3CCC[C@@H](OC([2H])(c4ccccc4)c4ccccc4)C3)cc2O1. The Morgan fingerprint density at radius 2 is 1.71 bits per heavy atom. The van der Waals surface area contributed by atoms with Gasteiger partial charge in [0, 0.05) is 18.5 Å². The van der Waals surface area contributed by atoms with Crippen LogP contribution in [0, 0.1) is 0 Å². The fraction of sp³-hybridized carbons (Fsp3) is 0.333. The largest absolute Gasteiger partial charge is 0.454 e. The highest BCUT2D eigenvalue weighted by atomic mass is 16.7. The van der Waals surface area contributed by atoms with E-state index in [9.17, 15) is 1.37 Å². The third-order valence-electron chi connectivity index (χ3n) is 5.34. The average molecular weight is 423 g/mol. The highest BCUT2D eigenvalue weighted by Crippen LogP contribution is 2.33. The molecule has 3 aromatic rings. The summed E-state index contributed by atoms with van der Waals surface area (Å²) in [5.41, 5.74) is 1.32. The maximum Gasteiger partial charge on any atom is 0.231 e. The van der Waals surface area contributed by atoms with Gasteiger partial charge < -0.3 is 19.1 Å². The van der Waals surface area contributed by atoms with Crippen molar-refractivity contribution >= 4 is 0 Å². The second kappa shape index (κ2) is 9.54. The van der Waals surface area contributed by atoms with E-state index in [4.69, 9.17) is 22.4 Å². The van der Waals surface area contributed by atoms with Crippen LogP contribution in [0.25, 0.3) is 0 Å². The summed E-state index contributed by atoms with van der Waals surface area (Å²) >= 11 is 0. The van der Waals surface area contributed by atoms with E-state index < -0.39 is 31.8 Å². The van der Waals surface area contributed by atoms with Gasteiger partial charge in [-0.2, -0.15) is 0 Å². The molecule has 4 nitrogen and oxygen atoms in total. The van der Waals surface area contributed by atoms with Crippen LogP contribution in [0.3, 0.4) is 0 Å². The maximum atomic E-state index is 9.36. The van der Waals surface area contributed by atoms with Crippen molar-refractivity contribution < 1.29 is 23.8 Å². The summed E-state index contributed by atoms with van der Waals surface area (Å²) in [6.45, 7) is -4.38. The van der Waals surface area contributed by atoms with Crippen molar-refractivity contribution in [3.63, 3.8) is 0 Å². The molecule has 31 heavy (non-hydrogen) atoms. The Hall–Kier alpha value is -2.82. The third kappa shape index (κ3) is 4.92. The summed E-state index contributed by atoms with van der Waals surface area (Å²) in [5.74, 6) is 0.159. The Morgan fingerprint density at radius 3 is 2.45 bits per heavy atom. The van der Waals surface area contributed by atoms with Crippen molar-refractivity contribution in [2.24, 2.45) is 0 Å². The first-order valence-corrected chi connectivity index (χ1v) is 10.5. The number of ether oxygens (including phenoxy) is 3. The third-order valence-corrected chi connectivity index (χ3v) is 5.34. The van der Waals surface area contributed by atoms with E-state index in [1.54, 1.807) is 0 Å². The summed E-state index contributed by atoms with van der Waals surface area (Å²) < 4.78 is 76.4. The monoisotopic (exact) mass is 422 g/mol. The van der Waals surface area contributed by atoms with Gasteiger partial charge in [0.25, 0.3) is 0 Å². The standard InChI is InChI=1S/C27H29NO3/c1-3-8-22(9-4-1)27(23-10-5-2-6-11-23)31-24-12-7-16-28(19-24)17-15-21-13-14-25-26(18-21)30-20-29-25/h1-6,8-11,13-14,18,24,27H,7,12,15-17,19-20H2/t24-/m1/s1/i15D2,17D2,20D2,27D. The molecule has 0 aliphatic carbocycles. The van der Waals surface area contributed by atoms with E-state index in [0.29, 0.717) is 30.5 Å². The first-order valence-electron chi connectivity index (χ1n) is 14.0. The molecule has 0 aromatic heterocycles. The second-order valence-corrected chi connectivity index (χ2v) is 7.58. The van der Waals surface area contributed by atoms with Crippen molar-refractivity contribution in [1.29, 1.82) is 0 Å². The number of likely N-dealkylation sites (tertiary alicyclic amines) is 1. The van der Waals surface area contributed by atoms with E-state index in [1.807, 2.05) is 60.7 Å². The van der Waals surface area contributed by atoms with Gasteiger partial charge in [0.1, 0.15) is 8.82 Å². The Morgan fingerprint density at radius 1 is 1.00 bits per heavy atom. The lowest BCUT2D eigenvalue weighted by Gasteiger charge is -2.35. The molecule has 1 atom stereocenters. The van der Waals surface area contributed by atoms with Crippen LogP contribution in [0.1, 0.15) is 45.2 Å². The summed E-state index contributed by atoms with van der Waals surface area (Å²) in [4.78, 5) is 1.43. The quantitative estimate of drug-likeness (QED) is 0.522. The minimum absolute atomic E-state index is 0.00833. The highest BCUT2D eigenvalue weighted by Gasteiger charge is 2.25. The van der Waals surface area contributed by atoms with Crippen molar-refractivity contribution in [3.8, 4) is 11.5 Å². The molecule has 5 rings (SSSR count). The number of benzene rings is 3. The minimum Gasteiger partial charge on any atom is -0.454 e. The first-order chi connectivity index (χ1) is 17.9. The van der Waals surface area contributed by atoms with Crippen LogP contribution < -0.4 is 9.47 Å². The normalized spacial score (nSPS) is 24.6. The number of piperidine rings is 1. The van der Waals surface area contributed by atoms with Crippen LogP contribution in [-0.2, 0) is 11.1 Å². The zero-order valence-corrected chi connectivity index (χ0v) is 17.1. The van der Waals surface area contributed by atoms with E-state index in [-0.39, 0.29) is 23.6 Å². The zero-order valence-electron chi connectivity index (χ0n) is 24.1. The van der Waals surface area contributed by atoms with E-state index in [0.717, 1.165) is 0 Å². The molecule has 0 bridgehead atoms. The van der Waals surface area contributed by atoms with Gasteiger partial charge in [-0.25, -0.2) is 0 Å². The molecule has 0 N–H and O–H groups in total. The lowest BCUT2D eigenvalue weighted by molar-refractivity contribution is -0.0330. The Kier molecular flexibility index (Phi) is 4.18. The van der Waals surface area contributed by atoms with E-state index >= 15 is 0 Å². The molecule has 0 spiro atoms. The van der Waals surface area contributed by atoms with E-state index in [1.165, 1.54) is 23.1 Å². The maximum absolute atomic E-state index is 9.36. The Balaban J connectivity index is 1.39. The molecule has 0 saturated carbocycles. The minimum atomic E-state index is -2.47. The van der Waals surface area contributed by atoms with E-state index in [2.05, 4.69) is 0 Å². The molecule has 0 amide bonds. The molecular weight excluding hydrogens is 386 g/mol. The van der Waals surface area contributed by atoms with Crippen molar-refractivity contribution in [1.82, 2.24) is 4.90 Å². The van der Waals surface area contributed by atoms with Crippen LogP contribution in [0.4, 0.5) is 0 Å². The Labute approximate surface area is 194 Å². The van der Waals surface area contributed by atoms with Crippen molar-refractivity contribution in [2.75, 3.05) is 26.3 Å². The van der Waals surface area contributed by atoms with Crippen molar-refractivity contribution in [3.05, 3.63) is 95.6 Å². The number of hydrogen-bond acceptors (Lipinski definition) is 4. The van der Waals surface area contributed by atoms with Crippen LogP contribution in [0.5, 0.6) is 11.5 Å². The van der Waals surface area contributed by atoms with Gasteiger partial charge in [0.15, 0.2) is 11.5 Å². The highest BCUT2D eigenvalue weighted by molar-refractivity contribution is 5.44. The lowest BCUT2D eigenvalue weighted by Crippen LogP contribution is -2.41. The second-order valence-electron chi connectivity index (χ2n) is 7.58. The van der Waals surface area contributed by atoms with Crippen LogP contribution in [0.2, 0.25) is 0 Å². The van der Waals surface area contributed by atoms with Gasteiger partial charge in [-0.1, -0.05) is 66.7 Å². The predicted molar refractivity (Wildman–Crippen MR) is 122 cm³/mol. The molecule has 2 heterocycles. The van der Waals surface area contributed by atoms with Crippen LogP contribution >= 0.6 is 0 Å². The fourth-order valence-electron chi connectivity index (χ4n) is 3.79. The average Bonchev–Trinajstić information content (AvgIpc) is 3.22. The molecular formula is C27H29NO3. The number of aryl methyl sites for hydroxylation is 1. The molecule has 2 aliphatic rings. The fourth-order valence-corrected chi connectivity index (χ4v) is 3.79. The van der Waals surface area contributed by atoms with Gasteiger partial charge in [0.05, 0.1) is 7.47 Å². The van der Waals surface area contributed by atoms with Gasteiger partial charge >= 0.3 is 0 Å². The van der Waals surface area contributed by atoms with Gasteiger partial charge in [0.2, 0.25) is 6.75 Å². The molecule has 2 aliphatic heterocycles. The van der Waals surface area contributed by atoms with Crippen LogP contribution in [0.15, 0.2) is 78.9 Å².